The maximum atomic E-state index is 14.6. The van der Waals surface area contributed by atoms with Gasteiger partial charge in [0.1, 0.15) is 11.6 Å². The second-order valence-electron chi connectivity index (χ2n) is 10.2. The summed E-state index contributed by atoms with van der Waals surface area (Å²) in [7, 11) is 0. The number of likely N-dealkylation sites (tertiary alicyclic amines) is 1. The highest BCUT2D eigenvalue weighted by atomic mass is 35.5. The van der Waals surface area contributed by atoms with E-state index < -0.39 is 5.82 Å². The Balaban J connectivity index is 1.51. The van der Waals surface area contributed by atoms with Crippen LogP contribution in [0.4, 0.5) is 8.78 Å². The fourth-order valence-electron chi connectivity index (χ4n) is 5.83. The van der Waals surface area contributed by atoms with Crippen molar-refractivity contribution in [1.29, 1.82) is 0 Å². The van der Waals surface area contributed by atoms with Crippen LogP contribution in [0.2, 0.25) is 10.0 Å². The number of allylic oxidation sites excluding steroid dienone is 1. The number of hydrogen-bond donors (Lipinski definition) is 1. The third-order valence-corrected chi connectivity index (χ3v) is 8.22. The van der Waals surface area contributed by atoms with Gasteiger partial charge in [0.15, 0.2) is 0 Å². The number of phenols is 1. The molecule has 1 aliphatic carbocycles. The molecule has 5 rings (SSSR count). The lowest BCUT2D eigenvalue weighted by molar-refractivity contribution is 0.301. The summed E-state index contributed by atoms with van der Waals surface area (Å²) in [5, 5.41) is 10.6. The highest BCUT2D eigenvalue weighted by Gasteiger charge is 2.24. The van der Waals surface area contributed by atoms with Gasteiger partial charge in [-0.3, -0.25) is 4.39 Å². The van der Waals surface area contributed by atoms with E-state index in [-0.39, 0.29) is 17.4 Å². The molecule has 1 fully saturated rings. The van der Waals surface area contributed by atoms with Crippen molar-refractivity contribution in [2.24, 2.45) is 5.92 Å². The van der Waals surface area contributed by atoms with E-state index in [2.05, 4.69) is 29.2 Å². The zero-order valence-corrected chi connectivity index (χ0v) is 22.3. The molecule has 3 aromatic rings. The van der Waals surface area contributed by atoms with Crippen LogP contribution in [0.5, 0.6) is 5.75 Å². The van der Waals surface area contributed by atoms with Gasteiger partial charge in [0.05, 0.1) is 11.7 Å². The zero-order chi connectivity index (χ0) is 25.9. The van der Waals surface area contributed by atoms with Crippen molar-refractivity contribution in [3.63, 3.8) is 0 Å². The van der Waals surface area contributed by atoms with Gasteiger partial charge in [-0.05, 0) is 114 Å². The number of aryl methyl sites for hydroxylation is 1. The topological polar surface area (TPSA) is 23.5 Å². The number of hydrogen-bond acceptors (Lipinski definition) is 2. The molecule has 0 amide bonds. The van der Waals surface area contributed by atoms with E-state index in [1.165, 1.54) is 17.7 Å². The molecule has 37 heavy (non-hydrogen) atoms. The van der Waals surface area contributed by atoms with Gasteiger partial charge in [-0.1, -0.05) is 53.5 Å². The number of nitrogens with zero attached hydrogens (tertiary/aromatic N) is 1. The van der Waals surface area contributed by atoms with Crippen LogP contribution in [0.15, 0.2) is 54.6 Å². The molecule has 1 heterocycles. The van der Waals surface area contributed by atoms with Crippen LogP contribution in [0.1, 0.15) is 53.5 Å². The van der Waals surface area contributed by atoms with Crippen molar-refractivity contribution in [2.45, 2.75) is 38.5 Å². The number of rotatable bonds is 7. The first-order valence-electron chi connectivity index (χ1n) is 13.0. The average molecular weight is 542 g/mol. The Hall–Kier alpha value is -2.40. The largest absolute Gasteiger partial charge is 0.508 e. The molecule has 2 aliphatic rings. The number of benzene rings is 3. The molecule has 0 saturated carbocycles. The molecule has 1 saturated heterocycles. The summed E-state index contributed by atoms with van der Waals surface area (Å²) in [6, 6.07) is 17.0. The summed E-state index contributed by atoms with van der Waals surface area (Å²) in [6.07, 6.45) is 5.14. The van der Waals surface area contributed by atoms with E-state index in [0.717, 1.165) is 79.6 Å². The third kappa shape index (κ3) is 5.87. The van der Waals surface area contributed by atoms with E-state index in [0.29, 0.717) is 22.9 Å². The van der Waals surface area contributed by atoms with E-state index in [4.69, 9.17) is 23.2 Å². The highest BCUT2D eigenvalue weighted by Crippen LogP contribution is 2.43. The van der Waals surface area contributed by atoms with Crippen LogP contribution < -0.4 is 0 Å². The van der Waals surface area contributed by atoms with Crippen LogP contribution in [0.25, 0.3) is 11.1 Å². The first kappa shape index (κ1) is 26.2. The standard InChI is InChI=1S/C31H31Cl2F2NO/c32-28-18-29(33)30(35)17-27(28)26-4-1-3-23-16-24(37)9-10-25(23)31(26)22-7-5-20(6-8-22)15-21-11-14-36(19-21)13-2-12-34/h5-10,16-18,21,37H,1-4,11-15,19H2/t21-/m1/s1. The summed E-state index contributed by atoms with van der Waals surface area (Å²) in [5.41, 5.74) is 7.07. The van der Waals surface area contributed by atoms with Crippen LogP contribution in [0, 0.1) is 11.7 Å². The second-order valence-corrected chi connectivity index (χ2v) is 11.0. The van der Waals surface area contributed by atoms with Crippen LogP contribution in [0.3, 0.4) is 0 Å². The molecule has 0 unspecified atom stereocenters. The number of alkyl halides is 1. The molecule has 3 aromatic carbocycles. The van der Waals surface area contributed by atoms with Crippen LogP contribution >= 0.6 is 23.2 Å². The van der Waals surface area contributed by atoms with Gasteiger partial charge >= 0.3 is 0 Å². The minimum Gasteiger partial charge on any atom is -0.508 e. The molecule has 1 atom stereocenters. The highest BCUT2D eigenvalue weighted by molar-refractivity contribution is 6.36. The van der Waals surface area contributed by atoms with Gasteiger partial charge < -0.3 is 10.0 Å². The van der Waals surface area contributed by atoms with Crippen LogP contribution in [-0.4, -0.2) is 36.3 Å². The Bertz CT molecular complexity index is 1310. The van der Waals surface area contributed by atoms with Gasteiger partial charge in [-0.15, -0.1) is 0 Å². The van der Waals surface area contributed by atoms with Crippen molar-refractivity contribution in [1.82, 2.24) is 4.90 Å². The van der Waals surface area contributed by atoms with Crippen molar-refractivity contribution >= 4 is 34.3 Å². The number of halogens is 4. The lowest BCUT2D eigenvalue weighted by Gasteiger charge is -2.19. The predicted octanol–water partition coefficient (Wildman–Crippen LogP) is 8.36. The Labute approximate surface area is 227 Å². The molecule has 0 aromatic heterocycles. The smallest absolute Gasteiger partial charge is 0.142 e. The molecule has 0 radical (unpaired) electrons. The van der Waals surface area contributed by atoms with Gasteiger partial charge in [0, 0.05) is 18.1 Å². The second kappa shape index (κ2) is 11.6. The summed E-state index contributed by atoms with van der Waals surface area (Å²) in [6.45, 7) is 2.65. The number of fused-ring (bicyclic) bond motifs is 1. The maximum absolute atomic E-state index is 14.6. The molecule has 194 valence electrons. The fraction of sp³-hybridized carbons (Fsp3) is 0.355. The summed E-state index contributed by atoms with van der Waals surface area (Å²) in [4.78, 5) is 2.36. The molecular formula is C31H31Cl2F2NO. The predicted molar refractivity (Wildman–Crippen MR) is 149 cm³/mol. The lowest BCUT2D eigenvalue weighted by atomic mass is 9.87. The molecule has 0 spiro atoms. The summed E-state index contributed by atoms with van der Waals surface area (Å²) >= 11 is 12.6. The first-order chi connectivity index (χ1) is 17.9. The minimum absolute atomic E-state index is 0.00868. The molecule has 1 aliphatic heterocycles. The molecule has 6 heteroatoms. The molecular weight excluding hydrogens is 511 g/mol. The van der Waals surface area contributed by atoms with Crippen LogP contribution in [-0.2, 0) is 12.8 Å². The zero-order valence-electron chi connectivity index (χ0n) is 20.8. The Morgan fingerprint density at radius 1 is 0.946 bits per heavy atom. The first-order valence-corrected chi connectivity index (χ1v) is 13.8. The lowest BCUT2D eigenvalue weighted by Crippen LogP contribution is -2.22. The van der Waals surface area contributed by atoms with Gasteiger partial charge in [0.25, 0.3) is 0 Å². The van der Waals surface area contributed by atoms with E-state index in [1.807, 2.05) is 12.1 Å². The van der Waals surface area contributed by atoms with Gasteiger partial charge in [0.2, 0.25) is 0 Å². The van der Waals surface area contributed by atoms with Crippen molar-refractivity contribution in [3.8, 4) is 5.75 Å². The maximum Gasteiger partial charge on any atom is 0.142 e. The van der Waals surface area contributed by atoms with E-state index in [1.54, 1.807) is 6.07 Å². The number of phenolic OH excluding ortho intramolecular Hbond substituents is 1. The summed E-state index contributed by atoms with van der Waals surface area (Å²) in [5.74, 6) is 0.331. The molecule has 0 bridgehead atoms. The minimum atomic E-state index is -0.490. The third-order valence-electron chi connectivity index (χ3n) is 7.61. The Morgan fingerprint density at radius 3 is 2.54 bits per heavy atom. The molecule has 1 N–H and O–H groups in total. The monoisotopic (exact) mass is 541 g/mol. The van der Waals surface area contributed by atoms with Gasteiger partial charge in [-0.25, -0.2) is 4.39 Å². The Morgan fingerprint density at radius 2 is 1.76 bits per heavy atom. The van der Waals surface area contributed by atoms with Gasteiger partial charge in [-0.2, -0.15) is 0 Å². The SMILES string of the molecule is Oc1ccc2c(c1)CCCC(c1cc(F)c(Cl)cc1Cl)=C2c1ccc(C[C@H]2CCN(CCCF)C2)cc1. The van der Waals surface area contributed by atoms with Crippen molar-refractivity contribution in [3.05, 3.63) is 98.3 Å². The normalized spacial score (nSPS) is 18.2. The molecule has 2 nitrogen and oxygen atoms in total. The number of aromatic hydroxyl groups is 1. The Kier molecular flexibility index (Phi) is 8.18. The van der Waals surface area contributed by atoms with Crippen molar-refractivity contribution < 1.29 is 13.9 Å². The van der Waals surface area contributed by atoms with E-state index in [9.17, 15) is 13.9 Å². The quantitative estimate of drug-likeness (QED) is 0.303. The fourth-order valence-corrected chi connectivity index (χ4v) is 6.33. The van der Waals surface area contributed by atoms with Crippen molar-refractivity contribution in [2.75, 3.05) is 26.3 Å². The van der Waals surface area contributed by atoms with E-state index >= 15 is 0 Å². The summed E-state index contributed by atoms with van der Waals surface area (Å²) < 4.78 is 27.1. The average Bonchev–Trinajstić information content (AvgIpc) is 3.24.